The van der Waals surface area contributed by atoms with E-state index in [2.05, 4.69) is 25.6 Å². The summed E-state index contributed by atoms with van der Waals surface area (Å²) in [5, 5.41) is 24.4. The fourth-order valence-corrected chi connectivity index (χ4v) is 3.01. The summed E-state index contributed by atoms with van der Waals surface area (Å²) in [4.78, 5) is 4.51. The van der Waals surface area contributed by atoms with Gasteiger partial charge in [-0.05, 0) is 19.1 Å². The second kappa shape index (κ2) is 7.35. The molecule has 0 saturated carbocycles. The number of hydrogen-bond acceptors (Lipinski definition) is 5. The molecule has 9 heteroatoms. The minimum absolute atomic E-state index is 0.0134. The van der Waals surface area contributed by atoms with E-state index in [9.17, 15) is 13.9 Å². The van der Waals surface area contributed by atoms with E-state index in [1.807, 2.05) is 0 Å². The highest BCUT2D eigenvalue weighted by Crippen LogP contribution is 2.25. The summed E-state index contributed by atoms with van der Waals surface area (Å²) in [5.74, 6) is -0.233. The Labute approximate surface area is 159 Å². The van der Waals surface area contributed by atoms with Crippen molar-refractivity contribution in [3.8, 4) is 0 Å². The summed E-state index contributed by atoms with van der Waals surface area (Å²) >= 11 is 0. The Morgan fingerprint density at radius 1 is 1.21 bits per heavy atom. The van der Waals surface area contributed by atoms with Crippen molar-refractivity contribution in [1.29, 1.82) is 0 Å². The molecule has 1 aromatic carbocycles. The molecule has 28 heavy (non-hydrogen) atoms. The molecule has 1 atom stereocenters. The van der Waals surface area contributed by atoms with Crippen LogP contribution in [0, 0.1) is 11.6 Å². The van der Waals surface area contributed by atoms with Crippen LogP contribution in [0.3, 0.4) is 0 Å². The lowest BCUT2D eigenvalue weighted by molar-refractivity contribution is 0.168. The molecule has 0 saturated heterocycles. The Morgan fingerprint density at radius 3 is 2.75 bits per heavy atom. The van der Waals surface area contributed by atoms with Crippen molar-refractivity contribution in [3.05, 3.63) is 65.6 Å². The number of aromatic nitrogens is 5. The van der Waals surface area contributed by atoms with E-state index < -0.39 is 17.7 Å². The number of aliphatic hydroxyl groups excluding tert-OH is 1. The molecule has 0 aliphatic carbocycles. The number of anilines is 2. The van der Waals surface area contributed by atoms with Crippen molar-refractivity contribution in [2.24, 2.45) is 0 Å². The van der Waals surface area contributed by atoms with Gasteiger partial charge < -0.3 is 10.4 Å². The SMILES string of the molecule is C[C@H](O)Cn1ccc(Nc2cc3[nH]ncc3c(Cc3c(F)cccc3F)n2)n1. The Hall–Kier alpha value is -3.33. The topological polar surface area (TPSA) is 91.7 Å². The second-order valence-electron chi connectivity index (χ2n) is 6.56. The number of fused-ring (bicyclic) bond motifs is 1. The molecule has 4 rings (SSSR count). The summed E-state index contributed by atoms with van der Waals surface area (Å²) in [6.45, 7) is 2.04. The van der Waals surface area contributed by atoms with Gasteiger partial charge in [-0.3, -0.25) is 9.78 Å². The maximum atomic E-state index is 14.1. The van der Waals surface area contributed by atoms with E-state index >= 15 is 0 Å². The fraction of sp³-hybridized carbons (Fsp3) is 0.211. The van der Waals surface area contributed by atoms with Gasteiger partial charge in [0.15, 0.2) is 5.82 Å². The van der Waals surface area contributed by atoms with Crippen LogP contribution < -0.4 is 5.32 Å². The standard InChI is InChI=1S/C19H18F2N6O/c1-11(28)10-27-6-5-18(26-27)24-19-8-17-13(9-22-25-17)16(23-19)7-12-14(20)3-2-4-15(12)21/h2-6,8-9,11,28H,7,10H2,1H3,(H,22,25)(H,23,24,26)/t11-/m0/s1. The summed E-state index contributed by atoms with van der Waals surface area (Å²) < 4.78 is 29.8. The first kappa shape index (κ1) is 18.1. The number of halogens is 2. The van der Waals surface area contributed by atoms with Gasteiger partial charge in [-0.15, -0.1) is 0 Å². The third-order valence-electron chi connectivity index (χ3n) is 4.27. The molecule has 144 valence electrons. The van der Waals surface area contributed by atoms with Gasteiger partial charge in [0.25, 0.3) is 0 Å². The van der Waals surface area contributed by atoms with Gasteiger partial charge in [0, 0.05) is 35.7 Å². The third kappa shape index (κ3) is 3.70. The molecular weight excluding hydrogens is 366 g/mol. The zero-order valence-electron chi connectivity index (χ0n) is 15.0. The Morgan fingerprint density at radius 2 is 2.00 bits per heavy atom. The number of benzene rings is 1. The van der Waals surface area contributed by atoms with Crippen LogP contribution in [0.15, 0.2) is 42.7 Å². The number of nitrogens with one attached hydrogen (secondary N) is 2. The summed E-state index contributed by atoms with van der Waals surface area (Å²) in [5.41, 5.74) is 1.13. The minimum Gasteiger partial charge on any atom is -0.391 e. The molecule has 3 N–H and O–H groups in total. The van der Waals surface area contributed by atoms with Gasteiger partial charge in [0.1, 0.15) is 17.5 Å². The first-order valence-corrected chi connectivity index (χ1v) is 8.74. The number of aliphatic hydroxyl groups is 1. The lowest BCUT2D eigenvalue weighted by atomic mass is 10.1. The zero-order chi connectivity index (χ0) is 19.7. The number of hydrogen-bond donors (Lipinski definition) is 3. The molecule has 0 aliphatic heterocycles. The second-order valence-corrected chi connectivity index (χ2v) is 6.56. The van der Waals surface area contributed by atoms with Crippen molar-refractivity contribution in [3.63, 3.8) is 0 Å². The average molecular weight is 384 g/mol. The van der Waals surface area contributed by atoms with Crippen molar-refractivity contribution in [2.75, 3.05) is 5.32 Å². The summed E-state index contributed by atoms with van der Waals surface area (Å²) in [6, 6.07) is 7.27. The third-order valence-corrected chi connectivity index (χ3v) is 4.27. The lowest BCUT2D eigenvalue weighted by Crippen LogP contribution is -2.12. The van der Waals surface area contributed by atoms with Gasteiger partial charge in [-0.1, -0.05) is 6.07 Å². The molecule has 0 fully saturated rings. The molecule has 3 heterocycles. The fourth-order valence-electron chi connectivity index (χ4n) is 3.01. The van der Waals surface area contributed by atoms with Crippen LogP contribution in [0.4, 0.5) is 20.4 Å². The highest BCUT2D eigenvalue weighted by atomic mass is 19.1. The molecular formula is C19H18F2N6O. The Kier molecular flexibility index (Phi) is 4.74. The first-order valence-electron chi connectivity index (χ1n) is 8.74. The Bertz CT molecular complexity index is 1100. The van der Waals surface area contributed by atoms with E-state index in [0.29, 0.717) is 34.8 Å². The predicted octanol–water partition coefficient (Wildman–Crippen LogP) is 3.15. The van der Waals surface area contributed by atoms with Crippen molar-refractivity contribution in [2.45, 2.75) is 26.0 Å². The highest BCUT2D eigenvalue weighted by molar-refractivity contribution is 5.83. The molecule has 4 aromatic rings. The minimum atomic E-state index is -0.617. The number of aromatic amines is 1. The van der Waals surface area contributed by atoms with E-state index in [1.165, 1.54) is 18.2 Å². The Balaban J connectivity index is 1.66. The average Bonchev–Trinajstić information content (AvgIpc) is 3.27. The lowest BCUT2D eigenvalue weighted by Gasteiger charge is -2.09. The number of nitrogens with zero attached hydrogens (tertiary/aromatic N) is 4. The maximum absolute atomic E-state index is 14.1. The van der Waals surface area contributed by atoms with Gasteiger partial charge >= 0.3 is 0 Å². The molecule has 0 aliphatic rings. The van der Waals surface area contributed by atoms with E-state index in [4.69, 9.17) is 0 Å². The van der Waals surface area contributed by atoms with Gasteiger partial charge in [-0.2, -0.15) is 10.2 Å². The molecule has 0 bridgehead atoms. The summed E-state index contributed by atoms with van der Waals surface area (Å²) in [6.07, 6.45) is 2.78. The van der Waals surface area contributed by atoms with Gasteiger partial charge in [0.2, 0.25) is 0 Å². The zero-order valence-corrected chi connectivity index (χ0v) is 15.0. The van der Waals surface area contributed by atoms with Crippen molar-refractivity contribution < 1.29 is 13.9 Å². The summed E-state index contributed by atoms with van der Waals surface area (Å²) in [7, 11) is 0. The smallest absolute Gasteiger partial charge is 0.153 e. The van der Waals surface area contributed by atoms with Crippen LogP contribution in [0.1, 0.15) is 18.2 Å². The van der Waals surface area contributed by atoms with Gasteiger partial charge in [-0.25, -0.2) is 13.8 Å². The van der Waals surface area contributed by atoms with E-state index in [0.717, 1.165) is 0 Å². The first-order chi connectivity index (χ1) is 13.5. The van der Waals surface area contributed by atoms with Crippen LogP contribution >= 0.6 is 0 Å². The van der Waals surface area contributed by atoms with E-state index in [-0.39, 0.29) is 12.0 Å². The predicted molar refractivity (Wildman–Crippen MR) is 100 cm³/mol. The van der Waals surface area contributed by atoms with Gasteiger partial charge in [0.05, 0.1) is 30.1 Å². The molecule has 0 spiro atoms. The largest absolute Gasteiger partial charge is 0.391 e. The van der Waals surface area contributed by atoms with Crippen molar-refractivity contribution in [1.82, 2.24) is 25.0 Å². The van der Waals surface area contributed by atoms with Crippen LogP contribution in [0.25, 0.3) is 10.9 Å². The van der Waals surface area contributed by atoms with Crippen LogP contribution in [-0.2, 0) is 13.0 Å². The normalized spacial score (nSPS) is 12.4. The quantitative estimate of drug-likeness (QED) is 0.475. The number of pyridine rings is 1. The molecule has 0 unspecified atom stereocenters. The van der Waals surface area contributed by atoms with Crippen LogP contribution in [-0.4, -0.2) is 36.2 Å². The maximum Gasteiger partial charge on any atom is 0.153 e. The monoisotopic (exact) mass is 384 g/mol. The highest BCUT2D eigenvalue weighted by Gasteiger charge is 2.15. The van der Waals surface area contributed by atoms with Crippen LogP contribution in [0.2, 0.25) is 0 Å². The van der Waals surface area contributed by atoms with Crippen LogP contribution in [0.5, 0.6) is 0 Å². The molecule has 0 radical (unpaired) electrons. The van der Waals surface area contributed by atoms with Crippen molar-refractivity contribution >= 4 is 22.5 Å². The molecule has 7 nitrogen and oxygen atoms in total. The molecule has 0 amide bonds. The number of rotatable bonds is 6. The number of H-pyrrole nitrogens is 1. The van der Waals surface area contributed by atoms with E-state index in [1.54, 1.807) is 36.1 Å². The molecule has 3 aromatic heterocycles.